The molecule has 2 aliphatic heterocycles. The Labute approximate surface area is 283 Å². The lowest BCUT2D eigenvalue weighted by atomic mass is 9.48. The highest BCUT2D eigenvalue weighted by atomic mass is 35.5. The Morgan fingerprint density at radius 1 is 0.812 bits per heavy atom. The third-order valence-corrected chi connectivity index (χ3v) is 11.3. The summed E-state index contributed by atoms with van der Waals surface area (Å²) in [6.45, 7) is 5.57. The van der Waals surface area contributed by atoms with Gasteiger partial charge in [0.25, 0.3) is 0 Å². The number of imide groups is 2. The molecule has 0 spiro atoms. The number of aromatic hydroxyl groups is 1. The number of allylic oxidation sites excluding steroid dienone is 2. The highest BCUT2D eigenvalue weighted by Gasteiger charge is 2.71. The van der Waals surface area contributed by atoms with E-state index in [1.165, 1.54) is 9.80 Å². The lowest BCUT2D eigenvalue weighted by Crippen LogP contribution is -2.53. The van der Waals surface area contributed by atoms with Crippen LogP contribution >= 0.6 is 11.6 Å². The number of amides is 4. The van der Waals surface area contributed by atoms with E-state index in [0.29, 0.717) is 28.3 Å². The van der Waals surface area contributed by atoms with Crippen LogP contribution in [0.2, 0.25) is 5.02 Å². The summed E-state index contributed by atoms with van der Waals surface area (Å²) in [6, 6.07) is 27.2. The second-order valence-corrected chi connectivity index (χ2v) is 14.9. The van der Waals surface area contributed by atoms with Crippen LogP contribution in [-0.4, -0.2) is 39.2 Å². The molecule has 0 radical (unpaired) electrons. The second kappa shape index (κ2) is 10.6. The van der Waals surface area contributed by atoms with Gasteiger partial charge in [0.2, 0.25) is 23.6 Å². The van der Waals surface area contributed by atoms with Gasteiger partial charge in [0, 0.05) is 22.0 Å². The van der Waals surface area contributed by atoms with Crippen LogP contribution in [0.5, 0.6) is 5.75 Å². The number of fused-ring (bicyclic) bond motifs is 5. The van der Waals surface area contributed by atoms with Gasteiger partial charge in [0.15, 0.2) is 0 Å². The van der Waals surface area contributed by atoms with E-state index in [0.717, 1.165) is 16.3 Å². The fourth-order valence-corrected chi connectivity index (χ4v) is 9.49. The number of carbonyl (C=O) groups is 4. The third-order valence-electron chi connectivity index (χ3n) is 11.1. The van der Waals surface area contributed by atoms with E-state index in [9.17, 15) is 19.5 Å². The first-order valence-corrected chi connectivity index (χ1v) is 16.8. The number of phenols is 1. The zero-order chi connectivity index (χ0) is 33.7. The van der Waals surface area contributed by atoms with Crippen LogP contribution in [0.25, 0.3) is 10.8 Å². The molecule has 0 aromatic heterocycles. The standard InChI is InChI=1S/C40H35ClN2O5/c1-39(2,3)43-35(45)28-18-17-27-29(32(28)37(43)47)21-30-36(46)42(25-14-9-13-24(41)20-25)38(48)40(30,23-11-5-4-6-12-23)34(27)33-26-15-8-7-10-22(26)16-19-31(33)44/h4-17,19-20,28-30,32,34,44H,18,21H2,1-3H3. The van der Waals surface area contributed by atoms with Gasteiger partial charge < -0.3 is 5.11 Å². The first-order chi connectivity index (χ1) is 23.0. The predicted molar refractivity (Wildman–Crippen MR) is 183 cm³/mol. The largest absolute Gasteiger partial charge is 0.508 e. The average Bonchev–Trinajstić information content (AvgIpc) is 3.46. The Morgan fingerprint density at radius 3 is 2.27 bits per heavy atom. The zero-order valence-corrected chi connectivity index (χ0v) is 27.6. The zero-order valence-electron chi connectivity index (χ0n) is 26.9. The molecule has 6 atom stereocenters. The minimum Gasteiger partial charge on any atom is -0.508 e. The average molecular weight is 659 g/mol. The summed E-state index contributed by atoms with van der Waals surface area (Å²) < 4.78 is 0. The summed E-state index contributed by atoms with van der Waals surface area (Å²) in [5.74, 6) is -4.71. The Bertz CT molecular complexity index is 2080. The van der Waals surface area contributed by atoms with Gasteiger partial charge in [-0.1, -0.05) is 90.0 Å². The van der Waals surface area contributed by atoms with E-state index in [4.69, 9.17) is 11.6 Å². The van der Waals surface area contributed by atoms with Crippen molar-refractivity contribution in [3.63, 3.8) is 0 Å². The quantitative estimate of drug-likeness (QED) is 0.186. The van der Waals surface area contributed by atoms with Crippen LogP contribution in [0.15, 0.2) is 103 Å². The third kappa shape index (κ3) is 4.06. The highest BCUT2D eigenvalue weighted by molar-refractivity contribution is 6.32. The maximum Gasteiger partial charge on any atom is 0.246 e. The number of nitrogens with zero attached hydrogens (tertiary/aromatic N) is 2. The molecule has 8 heteroatoms. The Balaban J connectivity index is 1.45. The normalized spacial score (nSPS) is 28.4. The number of anilines is 1. The molecule has 1 N–H and O–H groups in total. The summed E-state index contributed by atoms with van der Waals surface area (Å²) in [6.07, 6.45) is 2.55. The first kappa shape index (κ1) is 30.6. The molecule has 2 saturated heterocycles. The fourth-order valence-electron chi connectivity index (χ4n) is 9.31. The highest BCUT2D eigenvalue weighted by Crippen LogP contribution is 2.66. The van der Waals surface area contributed by atoms with Gasteiger partial charge in [-0.2, -0.15) is 0 Å². The van der Waals surface area contributed by atoms with Gasteiger partial charge in [-0.05, 0) is 80.1 Å². The molecule has 8 rings (SSSR count). The van der Waals surface area contributed by atoms with Crippen molar-refractivity contribution in [2.75, 3.05) is 4.90 Å². The lowest BCUT2D eigenvalue weighted by Gasteiger charge is -2.51. The van der Waals surface area contributed by atoms with Crippen LogP contribution in [0.3, 0.4) is 0 Å². The van der Waals surface area contributed by atoms with E-state index in [1.807, 2.05) is 87.5 Å². The Morgan fingerprint density at radius 2 is 1.54 bits per heavy atom. The lowest BCUT2D eigenvalue weighted by molar-refractivity contribution is -0.145. The SMILES string of the molecule is CC(C)(C)N1C(=O)C2CC=C3C(CC4C(=O)N(c5cccc(Cl)c5)C(=O)C4(c4ccccc4)C3c3c(O)ccc4ccccc34)C2C1=O. The van der Waals surface area contributed by atoms with E-state index >= 15 is 4.79 Å². The number of carbonyl (C=O) groups excluding carboxylic acids is 4. The van der Waals surface area contributed by atoms with Gasteiger partial charge >= 0.3 is 0 Å². The van der Waals surface area contributed by atoms with Crippen molar-refractivity contribution < 1.29 is 24.3 Å². The molecule has 3 fully saturated rings. The fraction of sp³-hybridized carbons (Fsp3) is 0.300. The van der Waals surface area contributed by atoms with Gasteiger partial charge in [-0.3, -0.25) is 24.1 Å². The molecule has 2 aliphatic carbocycles. The van der Waals surface area contributed by atoms with Crippen molar-refractivity contribution in [3.8, 4) is 5.75 Å². The molecule has 1 saturated carbocycles. The number of hydrogen-bond acceptors (Lipinski definition) is 5. The first-order valence-electron chi connectivity index (χ1n) is 16.4. The van der Waals surface area contributed by atoms with Crippen molar-refractivity contribution >= 4 is 51.7 Å². The number of rotatable bonds is 3. The van der Waals surface area contributed by atoms with Crippen molar-refractivity contribution in [3.05, 3.63) is 119 Å². The molecule has 4 aromatic carbocycles. The molecule has 4 amide bonds. The minimum absolute atomic E-state index is 0.00280. The van der Waals surface area contributed by atoms with Gasteiger partial charge in [-0.25, -0.2) is 4.90 Å². The van der Waals surface area contributed by atoms with E-state index in [2.05, 4.69) is 0 Å². The topological polar surface area (TPSA) is 95.0 Å². The molecular weight excluding hydrogens is 624 g/mol. The molecule has 48 heavy (non-hydrogen) atoms. The maximum atomic E-state index is 15.4. The van der Waals surface area contributed by atoms with Crippen LogP contribution in [0, 0.1) is 23.7 Å². The smallest absolute Gasteiger partial charge is 0.246 e. The number of likely N-dealkylation sites (tertiary alicyclic amines) is 1. The molecule has 7 nitrogen and oxygen atoms in total. The summed E-state index contributed by atoms with van der Waals surface area (Å²) in [5, 5.41) is 13.9. The van der Waals surface area contributed by atoms with Gasteiger partial charge in [0.05, 0.1) is 28.9 Å². The minimum atomic E-state index is -1.47. The van der Waals surface area contributed by atoms with Crippen LogP contribution in [-0.2, 0) is 24.6 Å². The molecule has 242 valence electrons. The van der Waals surface area contributed by atoms with Crippen molar-refractivity contribution in [1.29, 1.82) is 0 Å². The summed E-state index contributed by atoms with van der Waals surface area (Å²) in [5.41, 5.74) is 0.186. The summed E-state index contributed by atoms with van der Waals surface area (Å²) in [7, 11) is 0. The monoisotopic (exact) mass is 658 g/mol. The van der Waals surface area contributed by atoms with Crippen LogP contribution in [0.1, 0.15) is 50.7 Å². The van der Waals surface area contributed by atoms with Crippen molar-refractivity contribution in [2.24, 2.45) is 23.7 Å². The number of phenolic OH excluding ortho intramolecular Hbond substituents is 1. The van der Waals surface area contributed by atoms with Gasteiger partial charge in [-0.15, -0.1) is 0 Å². The number of halogens is 1. The number of hydrogen-bond donors (Lipinski definition) is 1. The van der Waals surface area contributed by atoms with Crippen LogP contribution in [0.4, 0.5) is 5.69 Å². The molecule has 0 bridgehead atoms. The molecule has 2 heterocycles. The summed E-state index contributed by atoms with van der Waals surface area (Å²) >= 11 is 6.41. The number of benzene rings is 4. The maximum absolute atomic E-state index is 15.4. The Hall–Kier alpha value is -4.75. The molecule has 4 aromatic rings. The Kier molecular flexibility index (Phi) is 6.77. The van der Waals surface area contributed by atoms with Crippen molar-refractivity contribution in [2.45, 2.75) is 50.5 Å². The van der Waals surface area contributed by atoms with E-state index in [1.54, 1.807) is 30.3 Å². The second-order valence-electron chi connectivity index (χ2n) is 14.5. The summed E-state index contributed by atoms with van der Waals surface area (Å²) in [4.78, 5) is 61.2. The predicted octanol–water partition coefficient (Wildman–Crippen LogP) is 7.16. The van der Waals surface area contributed by atoms with E-state index in [-0.39, 0.29) is 29.9 Å². The van der Waals surface area contributed by atoms with E-state index < -0.39 is 46.5 Å². The van der Waals surface area contributed by atoms with Crippen molar-refractivity contribution in [1.82, 2.24) is 4.90 Å². The molecule has 6 unspecified atom stereocenters. The molecule has 4 aliphatic rings. The molecular formula is C40H35ClN2O5. The van der Waals surface area contributed by atoms with Gasteiger partial charge in [0.1, 0.15) is 5.75 Å². The van der Waals surface area contributed by atoms with Crippen LogP contribution < -0.4 is 4.90 Å².